The van der Waals surface area contributed by atoms with Gasteiger partial charge in [0.2, 0.25) is 5.91 Å². The lowest BCUT2D eigenvalue weighted by molar-refractivity contribution is -0.150. The van der Waals surface area contributed by atoms with E-state index in [1.54, 1.807) is 4.90 Å². The summed E-state index contributed by atoms with van der Waals surface area (Å²) in [4.78, 5) is 24.6. The van der Waals surface area contributed by atoms with Gasteiger partial charge in [-0.15, -0.1) is 0 Å². The lowest BCUT2D eigenvalue weighted by Gasteiger charge is -2.26. The number of hydrogen-bond donors (Lipinski definition) is 1. The molecule has 17 heavy (non-hydrogen) atoms. The monoisotopic (exact) mass is 241 g/mol. The first kappa shape index (κ1) is 14.0. The fourth-order valence-corrected chi connectivity index (χ4v) is 2.31. The summed E-state index contributed by atoms with van der Waals surface area (Å²) < 4.78 is 0. The number of carbonyl (C=O) groups is 2. The number of rotatable bonds is 5. The van der Waals surface area contributed by atoms with Crippen LogP contribution in [0.15, 0.2) is 0 Å². The molecule has 0 bridgehead atoms. The Balaban J connectivity index is 2.56. The third-order valence-corrected chi connectivity index (χ3v) is 3.48. The largest absolute Gasteiger partial charge is 0.481 e. The molecule has 1 N–H and O–H groups in total. The van der Waals surface area contributed by atoms with Crippen LogP contribution in [0.3, 0.4) is 0 Å². The average Bonchev–Trinajstić information content (AvgIpc) is 2.72. The fourth-order valence-electron chi connectivity index (χ4n) is 2.31. The number of likely N-dealkylation sites (tertiary alicyclic amines) is 1. The molecule has 1 rings (SSSR count). The standard InChI is InChI=1S/C13H23NO3/c1-9(2)6-7-11-5-4-8-14(11)12(15)10(3)13(16)17/h9-11H,4-8H2,1-3H3,(H,16,17). The van der Waals surface area contributed by atoms with Crippen molar-refractivity contribution in [3.8, 4) is 0 Å². The van der Waals surface area contributed by atoms with Crippen LogP contribution in [0.2, 0.25) is 0 Å². The molecule has 1 fully saturated rings. The highest BCUT2D eigenvalue weighted by Gasteiger charge is 2.33. The molecule has 4 heteroatoms. The molecule has 1 amide bonds. The molecule has 0 saturated carbocycles. The second-order valence-corrected chi connectivity index (χ2v) is 5.36. The van der Waals surface area contributed by atoms with Crippen molar-refractivity contribution in [2.75, 3.05) is 6.54 Å². The maximum Gasteiger partial charge on any atom is 0.315 e. The van der Waals surface area contributed by atoms with Gasteiger partial charge in [0.05, 0.1) is 0 Å². The van der Waals surface area contributed by atoms with Crippen LogP contribution in [-0.4, -0.2) is 34.5 Å². The Morgan fingerprint density at radius 2 is 2.00 bits per heavy atom. The van der Waals surface area contributed by atoms with Gasteiger partial charge in [0.15, 0.2) is 0 Å². The molecule has 0 aromatic carbocycles. The van der Waals surface area contributed by atoms with Crippen LogP contribution >= 0.6 is 0 Å². The van der Waals surface area contributed by atoms with E-state index in [1.807, 2.05) is 0 Å². The summed E-state index contributed by atoms with van der Waals surface area (Å²) in [5.74, 6) is -1.52. The fraction of sp³-hybridized carbons (Fsp3) is 0.846. The Labute approximate surface area is 103 Å². The topological polar surface area (TPSA) is 57.6 Å². The first-order valence-electron chi connectivity index (χ1n) is 6.46. The van der Waals surface area contributed by atoms with Gasteiger partial charge in [0, 0.05) is 12.6 Å². The molecule has 1 aliphatic heterocycles. The maximum atomic E-state index is 12.0. The van der Waals surface area contributed by atoms with Gasteiger partial charge >= 0.3 is 5.97 Å². The van der Waals surface area contributed by atoms with Crippen LogP contribution in [0.4, 0.5) is 0 Å². The van der Waals surface area contributed by atoms with Gasteiger partial charge in [-0.1, -0.05) is 13.8 Å². The van der Waals surface area contributed by atoms with Gasteiger partial charge in [0.25, 0.3) is 0 Å². The summed E-state index contributed by atoms with van der Waals surface area (Å²) >= 11 is 0. The highest BCUT2D eigenvalue weighted by molar-refractivity contribution is 5.96. The van der Waals surface area contributed by atoms with Crippen LogP contribution in [0.25, 0.3) is 0 Å². The van der Waals surface area contributed by atoms with Crippen molar-refractivity contribution in [2.24, 2.45) is 11.8 Å². The molecule has 2 unspecified atom stereocenters. The van der Waals surface area contributed by atoms with Crippen molar-refractivity contribution in [2.45, 2.75) is 52.5 Å². The van der Waals surface area contributed by atoms with E-state index < -0.39 is 11.9 Å². The highest BCUT2D eigenvalue weighted by Crippen LogP contribution is 2.24. The third kappa shape index (κ3) is 3.72. The molecule has 1 heterocycles. The van der Waals surface area contributed by atoms with E-state index in [9.17, 15) is 9.59 Å². The van der Waals surface area contributed by atoms with Gasteiger partial charge in [-0.05, 0) is 38.5 Å². The maximum absolute atomic E-state index is 12.0. The predicted molar refractivity (Wildman–Crippen MR) is 65.6 cm³/mol. The van der Waals surface area contributed by atoms with Gasteiger partial charge in [-0.3, -0.25) is 9.59 Å². The lowest BCUT2D eigenvalue weighted by atomic mass is 10.0. The molecule has 0 radical (unpaired) electrons. The van der Waals surface area contributed by atoms with E-state index in [0.717, 1.165) is 32.2 Å². The van der Waals surface area contributed by atoms with Gasteiger partial charge in [0.1, 0.15) is 5.92 Å². The normalized spacial score (nSPS) is 21.9. The lowest BCUT2D eigenvalue weighted by Crippen LogP contribution is -2.41. The zero-order chi connectivity index (χ0) is 13.0. The number of hydrogen-bond acceptors (Lipinski definition) is 2. The Morgan fingerprint density at radius 1 is 1.35 bits per heavy atom. The zero-order valence-corrected chi connectivity index (χ0v) is 11.0. The summed E-state index contributed by atoms with van der Waals surface area (Å²) in [7, 11) is 0. The second kappa shape index (κ2) is 6.03. The van der Waals surface area contributed by atoms with Crippen molar-refractivity contribution in [3.63, 3.8) is 0 Å². The molecule has 1 aliphatic rings. The van der Waals surface area contributed by atoms with E-state index in [1.165, 1.54) is 6.92 Å². The van der Waals surface area contributed by atoms with E-state index in [-0.39, 0.29) is 11.9 Å². The van der Waals surface area contributed by atoms with Gasteiger partial charge < -0.3 is 10.0 Å². The smallest absolute Gasteiger partial charge is 0.315 e. The number of carbonyl (C=O) groups excluding carboxylic acids is 1. The number of nitrogens with zero attached hydrogens (tertiary/aromatic N) is 1. The Bertz CT molecular complexity index is 288. The summed E-state index contributed by atoms with van der Waals surface area (Å²) in [6.07, 6.45) is 4.11. The van der Waals surface area contributed by atoms with Crippen LogP contribution in [0.5, 0.6) is 0 Å². The number of carboxylic acids is 1. The van der Waals surface area contributed by atoms with Crippen molar-refractivity contribution in [1.29, 1.82) is 0 Å². The SMILES string of the molecule is CC(C)CCC1CCCN1C(=O)C(C)C(=O)O. The summed E-state index contributed by atoms with van der Waals surface area (Å²) in [6.45, 7) is 6.53. The van der Waals surface area contributed by atoms with Crippen molar-refractivity contribution >= 4 is 11.9 Å². The van der Waals surface area contributed by atoms with Gasteiger partial charge in [-0.2, -0.15) is 0 Å². The number of aliphatic carboxylic acids is 1. The number of carboxylic acid groups (broad SMARTS) is 1. The number of amides is 1. The van der Waals surface area contributed by atoms with Crippen molar-refractivity contribution < 1.29 is 14.7 Å². The van der Waals surface area contributed by atoms with E-state index >= 15 is 0 Å². The summed E-state index contributed by atoms with van der Waals surface area (Å²) in [6, 6.07) is 0.256. The molecular formula is C13H23NO3. The van der Waals surface area contributed by atoms with E-state index in [2.05, 4.69) is 13.8 Å². The Morgan fingerprint density at radius 3 is 2.53 bits per heavy atom. The quantitative estimate of drug-likeness (QED) is 0.750. The minimum Gasteiger partial charge on any atom is -0.481 e. The molecule has 4 nitrogen and oxygen atoms in total. The first-order valence-corrected chi connectivity index (χ1v) is 6.46. The summed E-state index contributed by atoms with van der Waals surface area (Å²) in [5, 5.41) is 8.87. The van der Waals surface area contributed by atoms with Crippen molar-refractivity contribution in [1.82, 2.24) is 4.90 Å². The first-order chi connectivity index (χ1) is 7.93. The zero-order valence-electron chi connectivity index (χ0n) is 11.0. The van der Waals surface area contributed by atoms with Crippen LogP contribution in [0.1, 0.15) is 46.5 Å². The molecule has 98 valence electrons. The minimum absolute atomic E-state index is 0.219. The van der Waals surface area contributed by atoms with Crippen LogP contribution < -0.4 is 0 Å². The Hall–Kier alpha value is -1.06. The average molecular weight is 241 g/mol. The molecule has 2 atom stereocenters. The molecular weight excluding hydrogens is 218 g/mol. The van der Waals surface area contributed by atoms with E-state index in [4.69, 9.17) is 5.11 Å². The van der Waals surface area contributed by atoms with Crippen LogP contribution in [0, 0.1) is 11.8 Å². The summed E-state index contributed by atoms with van der Waals surface area (Å²) in [5.41, 5.74) is 0. The molecule has 0 aromatic rings. The third-order valence-electron chi connectivity index (χ3n) is 3.48. The molecule has 1 saturated heterocycles. The predicted octanol–water partition coefficient (Wildman–Crippen LogP) is 2.13. The van der Waals surface area contributed by atoms with Crippen molar-refractivity contribution in [3.05, 3.63) is 0 Å². The molecule has 0 spiro atoms. The highest BCUT2D eigenvalue weighted by atomic mass is 16.4. The van der Waals surface area contributed by atoms with E-state index in [0.29, 0.717) is 5.92 Å². The minimum atomic E-state index is -1.02. The molecule has 0 aliphatic carbocycles. The Kier molecular flexibility index (Phi) is 4.97. The molecule has 0 aromatic heterocycles. The van der Waals surface area contributed by atoms with Crippen LogP contribution in [-0.2, 0) is 9.59 Å². The second-order valence-electron chi connectivity index (χ2n) is 5.36. The van der Waals surface area contributed by atoms with Gasteiger partial charge in [-0.25, -0.2) is 0 Å².